The Morgan fingerprint density at radius 3 is 1.91 bits per heavy atom. The van der Waals surface area contributed by atoms with Crippen LogP contribution in [0.2, 0.25) is 0 Å². The predicted octanol–water partition coefficient (Wildman–Crippen LogP) is 4.37. The Hall–Kier alpha value is -3.84. The highest BCUT2D eigenvalue weighted by molar-refractivity contribution is 6.24. The first-order chi connectivity index (χ1) is 16.4. The standard InChI is InChI=1S/C27H26N2O5/c1-16-5-8-20(15-17(16)2)28-26(30)23-24(18-6-11-21(32-3)12-7-18)29(34-25(23)27(28)31)19-9-13-22(33-4)14-10-19/h5-15,23-25H,1-4H3/t23-,24+,25-/m1/s1. The van der Waals surface area contributed by atoms with Crippen LogP contribution in [-0.2, 0) is 14.4 Å². The largest absolute Gasteiger partial charge is 0.497 e. The van der Waals surface area contributed by atoms with Gasteiger partial charge in [0.2, 0.25) is 5.91 Å². The van der Waals surface area contributed by atoms with E-state index in [0.29, 0.717) is 17.2 Å². The number of hydroxylamine groups is 1. The maximum atomic E-state index is 13.7. The highest BCUT2D eigenvalue weighted by Crippen LogP contribution is 2.48. The molecule has 2 amide bonds. The van der Waals surface area contributed by atoms with Gasteiger partial charge in [-0.25, -0.2) is 9.96 Å². The Bertz CT molecular complexity index is 1240. The number of aryl methyl sites for hydroxylation is 2. The summed E-state index contributed by atoms with van der Waals surface area (Å²) >= 11 is 0. The van der Waals surface area contributed by atoms with Crippen LogP contribution in [0.1, 0.15) is 22.7 Å². The number of ether oxygens (including phenoxy) is 2. The van der Waals surface area contributed by atoms with Gasteiger partial charge in [-0.2, -0.15) is 0 Å². The second kappa shape index (κ2) is 8.50. The van der Waals surface area contributed by atoms with E-state index < -0.39 is 18.1 Å². The number of hydrogen-bond donors (Lipinski definition) is 0. The molecule has 2 aliphatic rings. The van der Waals surface area contributed by atoms with Crippen LogP contribution in [0.15, 0.2) is 66.7 Å². The van der Waals surface area contributed by atoms with Crippen LogP contribution in [-0.4, -0.2) is 32.1 Å². The summed E-state index contributed by atoms with van der Waals surface area (Å²) < 4.78 is 10.6. The SMILES string of the molecule is COc1ccc([C@H]2[C@H]3C(=O)N(c4ccc(C)c(C)c4)C(=O)[C@@H]3ON2c2ccc(OC)cc2)cc1. The number of hydrogen-bond acceptors (Lipinski definition) is 6. The Labute approximate surface area is 198 Å². The molecule has 2 aliphatic heterocycles. The van der Waals surface area contributed by atoms with E-state index in [1.807, 2.05) is 80.6 Å². The second-order valence-electron chi connectivity index (χ2n) is 8.57. The minimum Gasteiger partial charge on any atom is -0.497 e. The first kappa shape index (κ1) is 22.0. The fourth-order valence-electron chi connectivity index (χ4n) is 4.63. The molecule has 5 rings (SSSR count). The summed E-state index contributed by atoms with van der Waals surface area (Å²) in [6, 6.07) is 20.0. The number of anilines is 2. The van der Waals surface area contributed by atoms with Gasteiger partial charge in [-0.15, -0.1) is 0 Å². The summed E-state index contributed by atoms with van der Waals surface area (Å²) in [6.07, 6.45) is -0.914. The van der Waals surface area contributed by atoms with Crippen molar-refractivity contribution in [2.24, 2.45) is 5.92 Å². The summed E-state index contributed by atoms with van der Waals surface area (Å²) in [4.78, 5) is 34.7. The Balaban J connectivity index is 1.56. The molecule has 0 N–H and O–H groups in total. The summed E-state index contributed by atoms with van der Waals surface area (Å²) in [5.41, 5.74) is 4.27. The molecule has 0 radical (unpaired) electrons. The first-order valence-corrected chi connectivity index (χ1v) is 11.1. The molecule has 2 fully saturated rings. The van der Waals surface area contributed by atoms with E-state index in [-0.39, 0.29) is 11.8 Å². The number of rotatable bonds is 5. The Morgan fingerprint density at radius 2 is 1.32 bits per heavy atom. The molecule has 0 aromatic heterocycles. The minimum absolute atomic E-state index is 0.268. The lowest BCUT2D eigenvalue weighted by Gasteiger charge is -2.29. The topological polar surface area (TPSA) is 68.3 Å². The number of carbonyl (C=O) groups is 2. The molecule has 34 heavy (non-hydrogen) atoms. The third kappa shape index (κ3) is 3.49. The van der Waals surface area contributed by atoms with Crippen molar-refractivity contribution in [1.29, 1.82) is 0 Å². The second-order valence-corrected chi connectivity index (χ2v) is 8.57. The molecular weight excluding hydrogens is 432 g/mol. The van der Waals surface area contributed by atoms with E-state index in [2.05, 4.69) is 0 Å². The number of benzene rings is 3. The highest BCUT2D eigenvalue weighted by atomic mass is 16.7. The molecular formula is C27H26N2O5. The number of carbonyl (C=O) groups excluding carboxylic acids is 2. The highest BCUT2D eigenvalue weighted by Gasteiger charge is 2.60. The zero-order valence-electron chi connectivity index (χ0n) is 19.5. The Morgan fingerprint density at radius 1 is 0.735 bits per heavy atom. The molecule has 3 aromatic carbocycles. The van der Waals surface area contributed by atoms with E-state index in [0.717, 1.165) is 22.4 Å². The van der Waals surface area contributed by atoms with E-state index in [9.17, 15) is 9.59 Å². The van der Waals surface area contributed by atoms with Crippen LogP contribution in [0.4, 0.5) is 11.4 Å². The third-order valence-electron chi connectivity index (χ3n) is 6.65. The maximum absolute atomic E-state index is 13.7. The zero-order valence-corrected chi connectivity index (χ0v) is 19.5. The van der Waals surface area contributed by atoms with Crippen molar-refractivity contribution in [3.05, 3.63) is 83.4 Å². The van der Waals surface area contributed by atoms with Gasteiger partial charge >= 0.3 is 0 Å². The number of imide groups is 1. The lowest BCUT2D eigenvalue weighted by atomic mass is 9.90. The quantitative estimate of drug-likeness (QED) is 0.529. The van der Waals surface area contributed by atoms with Gasteiger partial charge in [-0.1, -0.05) is 18.2 Å². The van der Waals surface area contributed by atoms with E-state index in [1.54, 1.807) is 19.3 Å². The number of fused-ring (bicyclic) bond motifs is 1. The molecule has 3 atom stereocenters. The molecule has 0 spiro atoms. The van der Waals surface area contributed by atoms with Crippen molar-refractivity contribution < 1.29 is 23.9 Å². The molecule has 0 saturated carbocycles. The average Bonchev–Trinajstić information content (AvgIpc) is 3.37. The van der Waals surface area contributed by atoms with Gasteiger partial charge in [-0.05, 0) is 79.1 Å². The molecule has 3 aromatic rings. The number of methoxy groups -OCH3 is 2. The predicted molar refractivity (Wildman–Crippen MR) is 128 cm³/mol. The molecule has 2 heterocycles. The molecule has 0 aliphatic carbocycles. The van der Waals surface area contributed by atoms with Crippen molar-refractivity contribution >= 4 is 23.2 Å². The van der Waals surface area contributed by atoms with Gasteiger partial charge in [0.15, 0.2) is 6.10 Å². The lowest BCUT2D eigenvalue weighted by Crippen LogP contribution is -2.37. The minimum atomic E-state index is -0.914. The van der Waals surface area contributed by atoms with Crippen LogP contribution >= 0.6 is 0 Å². The van der Waals surface area contributed by atoms with Gasteiger partial charge in [0.05, 0.1) is 31.6 Å². The van der Waals surface area contributed by atoms with Crippen molar-refractivity contribution in [3.63, 3.8) is 0 Å². The summed E-state index contributed by atoms with van der Waals surface area (Å²) in [6.45, 7) is 3.96. The number of amides is 2. The van der Waals surface area contributed by atoms with Crippen molar-refractivity contribution in [2.45, 2.75) is 26.0 Å². The van der Waals surface area contributed by atoms with Crippen LogP contribution in [0.25, 0.3) is 0 Å². The molecule has 7 nitrogen and oxygen atoms in total. The average molecular weight is 459 g/mol. The van der Waals surface area contributed by atoms with Crippen LogP contribution < -0.4 is 19.4 Å². The van der Waals surface area contributed by atoms with Crippen molar-refractivity contribution in [2.75, 3.05) is 24.2 Å². The van der Waals surface area contributed by atoms with Crippen LogP contribution in [0.3, 0.4) is 0 Å². The van der Waals surface area contributed by atoms with Crippen LogP contribution in [0.5, 0.6) is 11.5 Å². The molecule has 7 heteroatoms. The fourth-order valence-corrected chi connectivity index (χ4v) is 4.63. The fraction of sp³-hybridized carbons (Fsp3) is 0.259. The monoisotopic (exact) mass is 458 g/mol. The van der Waals surface area contributed by atoms with Gasteiger partial charge < -0.3 is 9.47 Å². The summed E-state index contributed by atoms with van der Waals surface area (Å²) in [5.74, 6) is 0.102. The maximum Gasteiger partial charge on any atom is 0.266 e. The first-order valence-electron chi connectivity index (χ1n) is 11.1. The van der Waals surface area contributed by atoms with Gasteiger partial charge in [0, 0.05) is 0 Å². The normalized spacial score (nSPS) is 21.7. The molecule has 174 valence electrons. The number of nitrogens with zero attached hydrogens (tertiary/aromatic N) is 2. The van der Waals surface area contributed by atoms with E-state index in [4.69, 9.17) is 14.3 Å². The molecule has 2 saturated heterocycles. The smallest absolute Gasteiger partial charge is 0.266 e. The van der Waals surface area contributed by atoms with Gasteiger partial charge in [-0.3, -0.25) is 14.4 Å². The summed E-state index contributed by atoms with van der Waals surface area (Å²) in [5, 5.41) is 1.67. The molecule has 0 bridgehead atoms. The van der Waals surface area contributed by atoms with Crippen molar-refractivity contribution in [3.8, 4) is 11.5 Å². The zero-order chi connectivity index (χ0) is 24.0. The van der Waals surface area contributed by atoms with Crippen LogP contribution in [0, 0.1) is 19.8 Å². The van der Waals surface area contributed by atoms with Gasteiger partial charge in [0.1, 0.15) is 17.4 Å². The third-order valence-corrected chi connectivity index (χ3v) is 6.65. The Kier molecular flexibility index (Phi) is 5.49. The molecule has 0 unspecified atom stereocenters. The summed E-state index contributed by atoms with van der Waals surface area (Å²) in [7, 11) is 3.21. The van der Waals surface area contributed by atoms with E-state index >= 15 is 0 Å². The van der Waals surface area contributed by atoms with Crippen molar-refractivity contribution in [1.82, 2.24) is 0 Å². The van der Waals surface area contributed by atoms with E-state index in [1.165, 1.54) is 4.90 Å². The van der Waals surface area contributed by atoms with Gasteiger partial charge in [0.25, 0.3) is 5.91 Å². The lowest BCUT2D eigenvalue weighted by molar-refractivity contribution is -0.126.